The number of carbonyl (C=O) groups is 1. The minimum absolute atomic E-state index is 0.139. The summed E-state index contributed by atoms with van der Waals surface area (Å²) in [6, 6.07) is 16.7. The van der Waals surface area contributed by atoms with Gasteiger partial charge >= 0.3 is 6.03 Å². The van der Waals surface area contributed by atoms with E-state index in [0.29, 0.717) is 24.9 Å². The van der Waals surface area contributed by atoms with Gasteiger partial charge in [0.2, 0.25) is 0 Å². The van der Waals surface area contributed by atoms with Crippen molar-refractivity contribution in [1.29, 1.82) is 0 Å². The molecule has 6 nitrogen and oxygen atoms in total. The quantitative estimate of drug-likeness (QED) is 0.184. The Labute approximate surface area is 219 Å². The van der Waals surface area contributed by atoms with Crippen molar-refractivity contribution < 1.29 is 19.0 Å². The van der Waals surface area contributed by atoms with Gasteiger partial charge in [-0.25, -0.2) is 4.79 Å². The van der Waals surface area contributed by atoms with Gasteiger partial charge in [-0.15, -0.1) is 6.58 Å². The first kappa shape index (κ1) is 26.4. The Morgan fingerprint density at radius 2 is 1.53 bits per heavy atom. The Hall–Kier alpha value is -2.64. The molecule has 2 aliphatic heterocycles. The van der Waals surface area contributed by atoms with E-state index in [1.54, 1.807) is 20.3 Å². The van der Waals surface area contributed by atoms with Gasteiger partial charge in [0, 0.05) is 30.7 Å². The Bertz CT molecular complexity index is 982. The number of thioether (sulfide) groups is 1. The number of unbranched alkanes of at least 4 members (excludes halogenated alkanes) is 2. The zero-order valence-corrected chi connectivity index (χ0v) is 22.3. The van der Waals surface area contributed by atoms with Crippen molar-refractivity contribution in [1.82, 2.24) is 9.80 Å². The fourth-order valence-corrected chi connectivity index (χ4v) is 6.82. The fraction of sp³-hybridized carbons (Fsp3) is 0.483. The van der Waals surface area contributed by atoms with Gasteiger partial charge in [-0.2, -0.15) is 11.8 Å². The zero-order valence-electron chi connectivity index (χ0n) is 21.4. The number of urea groups is 1. The van der Waals surface area contributed by atoms with Gasteiger partial charge in [0.05, 0.1) is 32.9 Å². The van der Waals surface area contributed by atoms with Crippen LogP contribution in [-0.4, -0.2) is 66.4 Å². The summed E-state index contributed by atoms with van der Waals surface area (Å²) >= 11 is 2.03. The minimum atomic E-state index is 0.139. The maximum absolute atomic E-state index is 13.8. The molecule has 194 valence electrons. The third-order valence-electron chi connectivity index (χ3n) is 7.04. The maximum Gasteiger partial charge on any atom is 0.321 e. The number of hydrogen-bond donors (Lipinski definition) is 0. The number of ether oxygens (including phenoxy) is 3. The van der Waals surface area contributed by atoms with E-state index in [4.69, 9.17) is 14.2 Å². The lowest BCUT2D eigenvalue weighted by molar-refractivity contribution is 0.157. The number of benzene rings is 2. The molecule has 2 aliphatic rings. The number of methoxy groups -OCH3 is 2. The normalized spacial score (nSPS) is 21.1. The molecule has 7 heteroatoms. The van der Waals surface area contributed by atoms with E-state index < -0.39 is 0 Å². The van der Waals surface area contributed by atoms with Crippen LogP contribution in [0.5, 0.6) is 11.5 Å². The highest BCUT2D eigenvalue weighted by atomic mass is 32.2. The first-order chi connectivity index (χ1) is 17.6. The van der Waals surface area contributed by atoms with Crippen LogP contribution in [-0.2, 0) is 17.8 Å². The van der Waals surface area contributed by atoms with Crippen molar-refractivity contribution in [2.24, 2.45) is 0 Å². The molecule has 2 fully saturated rings. The van der Waals surface area contributed by atoms with E-state index >= 15 is 0 Å². The van der Waals surface area contributed by atoms with Crippen LogP contribution in [0.2, 0.25) is 0 Å². The highest BCUT2D eigenvalue weighted by Crippen LogP contribution is 2.43. The molecule has 3 atom stereocenters. The fourth-order valence-electron chi connectivity index (χ4n) is 5.14. The van der Waals surface area contributed by atoms with Crippen molar-refractivity contribution in [3.8, 4) is 11.5 Å². The number of hydrogen-bond acceptors (Lipinski definition) is 5. The number of fused-ring (bicyclic) bond motifs is 1. The molecule has 0 bridgehead atoms. The largest absolute Gasteiger partial charge is 0.497 e. The van der Waals surface area contributed by atoms with Gasteiger partial charge < -0.3 is 24.0 Å². The van der Waals surface area contributed by atoms with E-state index in [9.17, 15) is 4.79 Å². The lowest BCUT2D eigenvalue weighted by Gasteiger charge is -2.27. The minimum Gasteiger partial charge on any atom is -0.497 e. The maximum atomic E-state index is 13.8. The summed E-state index contributed by atoms with van der Waals surface area (Å²) < 4.78 is 16.1. The molecule has 0 N–H and O–H groups in total. The second-order valence-corrected chi connectivity index (χ2v) is 10.6. The molecule has 2 saturated heterocycles. The predicted molar refractivity (Wildman–Crippen MR) is 146 cm³/mol. The highest BCUT2D eigenvalue weighted by Gasteiger charge is 2.52. The summed E-state index contributed by atoms with van der Waals surface area (Å²) in [7, 11) is 3.34. The first-order valence-corrected chi connectivity index (χ1v) is 13.8. The van der Waals surface area contributed by atoms with Crippen LogP contribution < -0.4 is 9.47 Å². The van der Waals surface area contributed by atoms with Crippen LogP contribution in [0.4, 0.5) is 4.79 Å². The summed E-state index contributed by atoms with van der Waals surface area (Å²) in [6.45, 7) is 6.34. The van der Waals surface area contributed by atoms with Gasteiger partial charge in [0.15, 0.2) is 0 Å². The second kappa shape index (κ2) is 13.1. The van der Waals surface area contributed by atoms with Crippen molar-refractivity contribution in [2.75, 3.05) is 33.2 Å². The molecule has 2 aromatic rings. The van der Waals surface area contributed by atoms with Crippen molar-refractivity contribution in [2.45, 2.75) is 56.1 Å². The van der Waals surface area contributed by atoms with E-state index in [1.165, 1.54) is 0 Å². The molecule has 4 rings (SSSR count). The Morgan fingerprint density at radius 3 is 2.11 bits per heavy atom. The summed E-state index contributed by atoms with van der Waals surface area (Å²) in [5.41, 5.74) is 2.26. The lowest BCUT2D eigenvalue weighted by atomic mass is 10.0. The van der Waals surface area contributed by atoms with Gasteiger partial charge in [-0.3, -0.25) is 0 Å². The van der Waals surface area contributed by atoms with Gasteiger partial charge in [0.1, 0.15) is 11.5 Å². The number of rotatable bonds is 14. The molecule has 0 aliphatic carbocycles. The standard InChI is InChI=1S/C29H38N2O4S/c1-4-17-35-18-7-5-6-8-27-28-26(21-36-27)30(19-22-9-13-24(33-2)14-10-22)29(32)31(28)20-23-11-15-25(34-3)16-12-23/h4,9-16,26-28H,1,5-8,17-21H2,2-3H3. The van der Waals surface area contributed by atoms with Crippen LogP contribution in [0, 0.1) is 0 Å². The predicted octanol–water partition coefficient (Wildman–Crippen LogP) is 5.76. The van der Waals surface area contributed by atoms with Crippen LogP contribution in [0.25, 0.3) is 0 Å². The number of amides is 2. The summed E-state index contributed by atoms with van der Waals surface area (Å²) in [5.74, 6) is 2.65. The van der Waals surface area contributed by atoms with Crippen LogP contribution in [0.15, 0.2) is 61.2 Å². The van der Waals surface area contributed by atoms with Crippen molar-refractivity contribution in [3.63, 3.8) is 0 Å². The molecule has 2 heterocycles. The van der Waals surface area contributed by atoms with Gasteiger partial charge in [-0.05, 0) is 48.2 Å². The molecule has 2 amide bonds. The summed E-state index contributed by atoms with van der Waals surface area (Å²) in [5, 5.41) is 0.451. The average Bonchev–Trinajstić information content (AvgIpc) is 3.43. The summed E-state index contributed by atoms with van der Waals surface area (Å²) in [6.07, 6.45) is 6.28. The molecule has 0 saturated carbocycles. The van der Waals surface area contributed by atoms with E-state index in [1.807, 2.05) is 36.0 Å². The Kier molecular flexibility index (Phi) is 9.59. The third-order valence-corrected chi connectivity index (χ3v) is 8.52. The molecular formula is C29H38N2O4S. The van der Waals surface area contributed by atoms with E-state index in [2.05, 4.69) is 40.6 Å². The number of nitrogens with zero attached hydrogens (tertiary/aromatic N) is 2. The Morgan fingerprint density at radius 1 is 0.917 bits per heavy atom. The first-order valence-electron chi connectivity index (χ1n) is 12.8. The number of carbonyl (C=O) groups excluding carboxylic acids is 1. The molecule has 0 radical (unpaired) electrons. The van der Waals surface area contributed by atoms with Crippen molar-refractivity contribution in [3.05, 3.63) is 72.3 Å². The SMILES string of the molecule is C=CCOCCCCCC1SCC2C1N(Cc1ccc(OC)cc1)C(=O)N2Cc1ccc(OC)cc1. The second-order valence-electron chi connectivity index (χ2n) is 9.38. The van der Waals surface area contributed by atoms with E-state index in [-0.39, 0.29) is 18.1 Å². The molecule has 0 spiro atoms. The molecule has 0 aromatic heterocycles. The molecular weight excluding hydrogens is 472 g/mol. The van der Waals surface area contributed by atoms with Gasteiger partial charge in [-0.1, -0.05) is 43.2 Å². The summed E-state index contributed by atoms with van der Waals surface area (Å²) in [4.78, 5) is 18.0. The smallest absolute Gasteiger partial charge is 0.321 e. The average molecular weight is 511 g/mol. The van der Waals surface area contributed by atoms with Crippen LogP contribution in [0.1, 0.15) is 36.8 Å². The molecule has 36 heavy (non-hydrogen) atoms. The van der Waals surface area contributed by atoms with Crippen LogP contribution >= 0.6 is 11.8 Å². The lowest BCUT2D eigenvalue weighted by Crippen LogP contribution is -2.40. The highest BCUT2D eigenvalue weighted by molar-refractivity contribution is 8.00. The molecule has 3 unspecified atom stereocenters. The third kappa shape index (κ3) is 6.37. The zero-order chi connectivity index (χ0) is 25.3. The monoisotopic (exact) mass is 510 g/mol. The van der Waals surface area contributed by atoms with Crippen molar-refractivity contribution >= 4 is 17.8 Å². The Balaban J connectivity index is 1.45. The molecule has 2 aromatic carbocycles. The van der Waals surface area contributed by atoms with Gasteiger partial charge in [0.25, 0.3) is 0 Å². The van der Waals surface area contributed by atoms with Crippen LogP contribution in [0.3, 0.4) is 0 Å². The topological polar surface area (TPSA) is 51.2 Å². The van der Waals surface area contributed by atoms with E-state index in [0.717, 1.165) is 60.7 Å².